The number of carbonyl (C=O) groups is 6. The number of aromatic nitrogens is 3. The summed E-state index contributed by atoms with van der Waals surface area (Å²) in [6.07, 6.45) is 5.78. The van der Waals surface area contributed by atoms with E-state index in [9.17, 15) is 39.0 Å². The minimum Gasteiger partial charge on any atom is -0.543 e. The van der Waals surface area contributed by atoms with Crippen LogP contribution in [-0.2, 0) is 41.7 Å². The molecular weight excluding hydrogens is 778 g/mol. The largest absolute Gasteiger partial charge is 0.543 e. The number of ketones is 1. The Bertz CT molecular complexity index is 1900. The standard InChI is InChI=1S/C32H31Cl2N7O8S3/c33-17-1-2-20(34)24(7-17)51-14-26(44)39-27-29(45)41-28(32(48)49)16(13-52-30(27)41)12-50-19-3-5-40(6-4-19)11-25(43)38-22(31(46)47)9-23(42)21(35)8-18-10-36-15-37-18/h1-7,10,15,21-22,27,30H,8-9,11-14,35H2,(H4-,36,37,38,39,43,44,46,47,48,49)/t21-,22?,27+,30+/m0/s1. The van der Waals surface area contributed by atoms with Gasteiger partial charge in [-0.15, -0.1) is 35.3 Å². The molecule has 2 aliphatic heterocycles. The molecule has 20 heteroatoms. The van der Waals surface area contributed by atoms with Crippen molar-refractivity contribution in [2.75, 3.05) is 17.3 Å². The Morgan fingerprint density at radius 3 is 2.58 bits per heavy atom. The zero-order chi connectivity index (χ0) is 37.5. The van der Waals surface area contributed by atoms with Gasteiger partial charge in [-0.2, -0.15) is 4.57 Å². The van der Waals surface area contributed by atoms with E-state index in [1.807, 2.05) is 0 Å². The average molecular weight is 809 g/mol. The highest BCUT2D eigenvalue weighted by Crippen LogP contribution is 2.41. The lowest BCUT2D eigenvalue weighted by Crippen LogP contribution is -2.71. The summed E-state index contributed by atoms with van der Waals surface area (Å²) >= 11 is 16.0. The first-order valence-electron chi connectivity index (χ1n) is 15.5. The summed E-state index contributed by atoms with van der Waals surface area (Å²) in [7, 11) is 0. The lowest BCUT2D eigenvalue weighted by Gasteiger charge is -2.50. The number of aliphatic carboxylic acids is 2. The van der Waals surface area contributed by atoms with E-state index in [1.54, 1.807) is 42.7 Å². The summed E-state index contributed by atoms with van der Waals surface area (Å²) in [5, 5.41) is 27.1. The number of halogens is 2. The monoisotopic (exact) mass is 807 g/mol. The van der Waals surface area contributed by atoms with Crippen LogP contribution in [0.25, 0.3) is 0 Å². The summed E-state index contributed by atoms with van der Waals surface area (Å²) in [4.78, 5) is 83.9. The topological polar surface area (TPSA) is 232 Å². The molecular formula is C32H31Cl2N7O8S3. The molecule has 52 heavy (non-hydrogen) atoms. The molecule has 5 rings (SSSR count). The number of hydrogen-bond acceptors (Lipinski definition) is 12. The molecule has 0 radical (unpaired) electrons. The summed E-state index contributed by atoms with van der Waals surface area (Å²) in [5.41, 5.74) is 6.79. The van der Waals surface area contributed by atoms with Crippen molar-refractivity contribution in [3.8, 4) is 0 Å². The van der Waals surface area contributed by atoms with Gasteiger partial charge in [0.25, 0.3) is 11.8 Å². The van der Waals surface area contributed by atoms with Crippen molar-refractivity contribution in [2.45, 2.75) is 52.7 Å². The number of carbonyl (C=O) groups excluding carboxylic acids is 5. The quantitative estimate of drug-likeness (QED) is 0.0707. The summed E-state index contributed by atoms with van der Waals surface area (Å²) < 4.78 is 1.51. The molecule has 274 valence electrons. The van der Waals surface area contributed by atoms with Crippen LogP contribution >= 0.6 is 58.5 Å². The average Bonchev–Trinajstić information content (AvgIpc) is 3.62. The molecule has 15 nitrogen and oxygen atoms in total. The van der Waals surface area contributed by atoms with Gasteiger partial charge in [-0.1, -0.05) is 23.2 Å². The molecule has 0 saturated carbocycles. The third kappa shape index (κ3) is 9.87. The van der Waals surface area contributed by atoms with Crippen LogP contribution in [0.5, 0.6) is 0 Å². The van der Waals surface area contributed by atoms with E-state index in [0.29, 0.717) is 32.0 Å². The predicted molar refractivity (Wildman–Crippen MR) is 191 cm³/mol. The number of hydrogen-bond donors (Lipinski definition) is 5. The molecule has 3 aromatic rings. The van der Waals surface area contributed by atoms with Crippen LogP contribution in [0.3, 0.4) is 0 Å². The Hall–Kier alpha value is -4.07. The highest BCUT2D eigenvalue weighted by molar-refractivity contribution is 8.01. The van der Waals surface area contributed by atoms with Gasteiger partial charge in [-0.25, -0.2) is 9.78 Å². The van der Waals surface area contributed by atoms with Crippen molar-refractivity contribution in [1.82, 2.24) is 25.5 Å². The zero-order valence-electron chi connectivity index (χ0n) is 27.0. The van der Waals surface area contributed by atoms with Crippen molar-refractivity contribution in [2.24, 2.45) is 5.73 Å². The van der Waals surface area contributed by atoms with E-state index in [0.717, 1.165) is 21.6 Å². The maximum absolute atomic E-state index is 13.0. The van der Waals surface area contributed by atoms with Crippen molar-refractivity contribution in [3.05, 3.63) is 82.3 Å². The summed E-state index contributed by atoms with van der Waals surface area (Å²) in [5.74, 6) is -4.52. The third-order valence-electron chi connectivity index (χ3n) is 7.86. The first kappa shape index (κ1) is 39.1. The lowest BCUT2D eigenvalue weighted by molar-refractivity contribution is -0.684. The number of H-pyrrole nitrogens is 1. The molecule has 2 aliphatic rings. The van der Waals surface area contributed by atoms with Gasteiger partial charge < -0.3 is 36.4 Å². The number of rotatable bonds is 17. The molecule has 6 N–H and O–H groups in total. The maximum Gasteiger partial charge on any atom is 0.326 e. The number of β-lactam (4-membered cyclic amide) rings is 1. The van der Waals surface area contributed by atoms with E-state index in [2.05, 4.69) is 20.6 Å². The number of pyridine rings is 1. The van der Waals surface area contributed by atoms with Gasteiger partial charge in [0.1, 0.15) is 17.5 Å². The number of aromatic amines is 1. The smallest absolute Gasteiger partial charge is 0.326 e. The number of nitrogens with zero attached hydrogens (tertiary/aromatic N) is 3. The van der Waals surface area contributed by atoms with Crippen LogP contribution < -0.4 is 26.0 Å². The molecule has 2 aromatic heterocycles. The van der Waals surface area contributed by atoms with Crippen LogP contribution in [0.4, 0.5) is 0 Å². The van der Waals surface area contributed by atoms with Crippen LogP contribution in [0, 0.1) is 0 Å². The highest BCUT2D eigenvalue weighted by atomic mass is 35.5. The van der Waals surface area contributed by atoms with E-state index in [4.69, 9.17) is 28.9 Å². The van der Waals surface area contributed by atoms with Crippen LogP contribution in [0.1, 0.15) is 12.1 Å². The fourth-order valence-corrected chi connectivity index (χ4v) is 8.92. The van der Waals surface area contributed by atoms with E-state index in [1.165, 1.54) is 40.6 Å². The fraction of sp³-hybridized carbons (Fsp3) is 0.312. The Morgan fingerprint density at radius 2 is 1.90 bits per heavy atom. The summed E-state index contributed by atoms with van der Waals surface area (Å²) in [6, 6.07) is 4.93. The van der Waals surface area contributed by atoms with Gasteiger partial charge in [-0.3, -0.25) is 24.1 Å². The number of nitrogens with one attached hydrogen (secondary N) is 3. The second-order valence-corrected chi connectivity index (χ2v) is 15.6. The molecule has 1 aromatic carbocycles. The van der Waals surface area contributed by atoms with Crippen molar-refractivity contribution in [1.29, 1.82) is 0 Å². The number of benzene rings is 1. The maximum atomic E-state index is 13.0. The van der Waals surface area contributed by atoms with Gasteiger partial charge in [0.05, 0.1) is 34.8 Å². The normalized spacial score (nSPS) is 17.8. The SMILES string of the molecule is N[C@@H](Cc1cnc[nH]1)C(=O)CC(NC(=O)C[n+]1ccc(SCC2=C(C(=O)[O-])N3C(=O)[C@@H](NC(=O)CSc4cc(Cl)ccc4Cl)[C@H]3SC2)cc1)C(=O)O. The number of amides is 3. The van der Waals surface area contributed by atoms with Crippen molar-refractivity contribution in [3.63, 3.8) is 0 Å². The molecule has 4 heterocycles. The van der Waals surface area contributed by atoms with Crippen molar-refractivity contribution < 1.29 is 43.5 Å². The number of carboxylic acids is 2. The van der Waals surface area contributed by atoms with Crippen LogP contribution in [0.15, 0.2) is 76.3 Å². The molecule has 1 saturated heterocycles. The minimum absolute atomic E-state index is 0.0269. The van der Waals surface area contributed by atoms with Gasteiger partial charge in [0.2, 0.25) is 12.5 Å². The van der Waals surface area contributed by atoms with E-state index in [-0.39, 0.29) is 30.2 Å². The highest BCUT2D eigenvalue weighted by Gasteiger charge is 2.52. The predicted octanol–water partition coefficient (Wildman–Crippen LogP) is 0.391. The minimum atomic E-state index is -1.50. The van der Waals surface area contributed by atoms with Crippen LogP contribution in [-0.4, -0.2) is 96.2 Å². The van der Waals surface area contributed by atoms with Gasteiger partial charge in [0, 0.05) is 63.2 Å². The first-order valence-corrected chi connectivity index (χ1v) is 19.2. The number of fused-ring (bicyclic) bond motifs is 1. The zero-order valence-corrected chi connectivity index (χ0v) is 30.9. The Kier molecular flexibility index (Phi) is 13.3. The summed E-state index contributed by atoms with van der Waals surface area (Å²) in [6.45, 7) is -0.233. The van der Waals surface area contributed by atoms with Crippen molar-refractivity contribution >= 4 is 93.9 Å². The molecule has 1 unspecified atom stereocenters. The number of nitrogens with two attached hydrogens (primary N) is 1. The number of thioether (sulfide) groups is 3. The third-order valence-corrected chi connectivity index (χ3v) is 12.0. The molecule has 4 atom stereocenters. The molecule has 0 bridgehead atoms. The van der Waals surface area contributed by atoms with Gasteiger partial charge >= 0.3 is 5.97 Å². The molecule has 0 spiro atoms. The van der Waals surface area contributed by atoms with Crippen LogP contribution in [0.2, 0.25) is 10.0 Å². The second-order valence-electron chi connectivity index (χ2n) is 11.6. The fourth-order valence-electron chi connectivity index (χ4n) is 5.25. The van der Waals surface area contributed by atoms with E-state index >= 15 is 0 Å². The Balaban J connectivity index is 1.11. The lowest BCUT2D eigenvalue weighted by atomic mass is 10.0. The number of carboxylic acid groups (broad SMARTS) is 2. The number of imidazole rings is 1. The number of Topliss-reactive ketones (excluding diaryl/α,β-unsaturated/α-hetero) is 1. The first-order chi connectivity index (χ1) is 24.8. The molecule has 0 aliphatic carbocycles. The molecule has 1 fully saturated rings. The Labute approximate surface area is 319 Å². The molecule has 3 amide bonds. The van der Waals surface area contributed by atoms with E-state index < -0.39 is 65.4 Å². The van der Waals surface area contributed by atoms with Gasteiger partial charge in [-0.05, 0) is 23.8 Å². The van der Waals surface area contributed by atoms with Gasteiger partial charge in [0.15, 0.2) is 18.2 Å². The Morgan fingerprint density at radius 1 is 1.15 bits per heavy atom. The second kappa shape index (κ2) is 17.6.